The number of hydrogen-bond donors (Lipinski definition) is 1. The summed E-state index contributed by atoms with van der Waals surface area (Å²) in [5.41, 5.74) is 1.24. The molecule has 5 nitrogen and oxygen atoms in total. The van der Waals surface area contributed by atoms with Crippen LogP contribution in [0.2, 0.25) is 0 Å². The van der Waals surface area contributed by atoms with Crippen LogP contribution in [-0.4, -0.2) is 24.1 Å². The summed E-state index contributed by atoms with van der Waals surface area (Å²) in [5, 5.41) is 2.56. The maximum absolute atomic E-state index is 11.8. The molecular formula is C12H12N2O3. The molecule has 0 saturated carbocycles. The SMILES string of the molecule is CCN1C(=O)C(=O)c2c(NC(C)=O)cccc21. The number of carbonyl (C=O) groups excluding carboxylic acids is 3. The van der Waals surface area contributed by atoms with E-state index in [0.717, 1.165) is 0 Å². The second-order valence-corrected chi connectivity index (χ2v) is 3.76. The van der Waals surface area contributed by atoms with Gasteiger partial charge in [-0.1, -0.05) is 6.07 Å². The van der Waals surface area contributed by atoms with Crippen molar-refractivity contribution in [1.29, 1.82) is 0 Å². The van der Waals surface area contributed by atoms with E-state index < -0.39 is 11.7 Å². The molecule has 0 fully saturated rings. The van der Waals surface area contributed by atoms with Crippen molar-refractivity contribution in [3.8, 4) is 0 Å². The molecule has 0 spiro atoms. The minimum absolute atomic E-state index is 0.270. The van der Waals surface area contributed by atoms with Gasteiger partial charge in [0.1, 0.15) is 0 Å². The average Bonchev–Trinajstić information content (AvgIpc) is 2.52. The first-order valence-electron chi connectivity index (χ1n) is 5.33. The van der Waals surface area contributed by atoms with E-state index in [-0.39, 0.29) is 11.5 Å². The van der Waals surface area contributed by atoms with Crippen LogP contribution in [0.3, 0.4) is 0 Å². The third kappa shape index (κ3) is 1.69. The monoisotopic (exact) mass is 232 g/mol. The fraction of sp³-hybridized carbons (Fsp3) is 0.250. The van der Waals surface area contributed by atoms with Crippen LogP contribution in [0.25, 0.3) is 0 Å². The Balaban J connectivity index is 2.56. The van der Waals surface area contributed by atoms with Crippen molar-refractivity contribution in [3.05, 3.63) is 23.8 Å². The van der Waals surface area contributed by atoms with Crippen LogP contribution in [0.5, 0.6) is 0 Å². The van der Waals surface area contributed by atoms with Crippen LogP contribution in [-0.2, 0) is 9.59 Å². The smallest absolute Gasteiger partial charge is 0.299 e. The van der Waals surface area contributed by atoms with Crippen LogP contribution < -0.4 is 10.2 Å². The summed E-state index contributed by atoms with van der Waals surface area (Å²) >= 11 is 0. The largest absolute Gasteiger partial charge is 0.326 e. The van der Waals surface area contributed by atoms with Gasteiger partial charge >= 0.3 is 0 Å². The molecule has 5 heteroatoms. The average molecular weight is 232 g/mol. The molecule has 1 heterocycles. The highest BCUT2D eigenvalue weighted by Gasteiger charge is 2.36. The maximum Gasteiger partial charge on any atom is 0.299 e. The molecule has 1 aliphatic heterocycles. The van der Waals surface area contributed by atoms with Gasteiger partial charge in [0.2, 0.25) is 5.91 Å². The number of fused-ring (bicyclic) bond motifs is 1. The number of amides is 2. The first-order chi connectivity index (χ1) is 8.06. The molecule has 2 amide bonds. The van der Waals surface area contributed by atoms with Gasteiger partial charge in [-0.3, -0.25) is 14.4 Å². The number of ketones is 1. The lowest BCUT2D eigenvalue weighted by atomic mass is 10.1. The zero-order valence-electron chi connectivity index (χ0n) is 9.61. The highest BCUT2D eigenvalue weighted by molar-refractivity contribution is 6.53. The molecule has 0 saturated heterocycles. The highest BCUT2D eigenvalue weighted by Crippen LogP contribution is 2.34. The number of hydrogen-bond acceptors (Lipinski definition) is 3. The quantitative estimate of drug-likeness (QED) is 0.779. The second-order valence-electron chi connectivity index (χ2n) is 3.76. The van der Waals surface area contributed by atoms with E-state index in [4.69, 9.17) is 0 Å². The molecule has 1 aliphatic rings. The summed E-state index contributed by atoms with van der Waals surface area (Å²) in [7, 11) is 0. The number of Topliss-reactive ketones (excluding diaryl/α,β-unsaturated/α-hetero) is 1. The Morgan fingerprint density at radius 1 is 1.35 bits per heavy atom. The number of nitrogens with one attached hydrogen (secondary N) is 1. The number of anilines is 2. The molecular weight excluding hydrogens is 220 g/mol. The van der Waals surface area contributed by atoms with Gasteiger partial charge in [-0.2, -0.15) is 0 Å². The van der Waals surface area contributed by atoms with Gasteiger partial charge in [0, 0.05) is 13.5 Å². The van der Waals surface area contributed by atoms with E-state index >= 15 is 0 Å². The van der Waals surface area contributed by atoms with E-state index in [9.17, 15) is 14.4 Å². The fourth-order valence-electron chi connectivity index (χ4n) is 1.95. The first kappa shape index (κ1) is 11.3. The van der Waals surface area contributed by atoms with Crippen molar-refractivity contribution >= 4 is 29.0 Å². The van der Waals surface area contributed by atoms with Crippen molar-refractivity contribution in [3.63, 3.8) is 0 Å². The minimum Gasteiger partial charge on any atom is -0.326 e. The molecule has 17 heavy (non-hydrogen) atoms. The van der Waals surface area contributed by atoms with E-state index in [0.29, 0.717) is 17.9 Å². The summed E-state index contributed by atoms with van der Waals surface area (Å²) in [6.07, 6.45) is 0. The third-order valence-corrected chi connectivity index (χ3v) is 2.63. The lowest BCUT2D eigenvalue weighted by molar-refractivity contribution is -0.115. The lowest BCUT2D eigenvalue weighted by Gasteiger charge is -2.13. The van der Waals surface area contributed by atoms with Gasteiger partial charge in [-0.15, -0.1) is 0 Å². The fourth-order valence-corrected chi connectivity index (χ4v) is 1.95. The molecule has 1 N–H and O–H groups in total. The Labute approximate surface area is 98.4 Å². The predicted octanol–water partition coefficient (Wildman–Crippen LogP) is 1.19. The van der Waals surface area contributed by atoms with E-state index in [1.54, 1.807) is 25.1 Å². The third-order valence-electron chi connectivity index (χ3n) is 2.63. The summed E-state index contributed by atoms with van der Waals surface area (Å²) < 4.78 is 0. The molecule has 0 atom stereocenters. The number of rotatable bonds is 2. The standard InChI is InChI=1S/C12H12N2O3/c1-3-14-9-6-4-5-8(13-7(2)15)10(9)11(16)12(14)17/h4-6H,3H2,1-2H3,(H,13,15). The molecule has 0 aromatic heterocycles. The summed E-state index contributed by atoms with van der Waals surface area (Å²) in [4.78, 5) is 36.0. The van der Waals surface area contributed by atoms with Gasteiger partial charge in [0.05, 0.1) is 16.9 Å². The van der Waals surface area contributed by atoms with Gasteiger partial charge in [-0.25, -0.2) is 0 Å². The number of likely N-dealkylation sites (N-methyl/N-ethyl adjacent to an activating group) is 1. The van der Waals surface area contributed by atoms with Crippen LogP contribution >= 0.6 is 0 Å². The zero-order valence-corrected chi connectivity index (χ0v) is 9.61. The number of carbonyl (C=O) groups is 3. The van der Waals surface area contributed by atoms with Crippen molar-refractivity contribution in [2.45, 2.75) is 13.8 Å². The second kappa shape index (κ2) is 4.01. The molecule has 0 bridgehead atoms. The van der Waals surface area contributed by atoms with E-state index in [1.165, 1.54) is 11.8 Å². The topological polar surface area (TPSA) is 66.5 Å². The van der Waals surface area contributed by atoms with Crippen molar-refractivity contribution in [2.24, 2.45) is 0 Å². The molecule has 2 rings (SSSR count). The van der Waals surface area contributed by atoms with Crippen LogP contribution in [0.15, 0.2) is 18.2 Å². The molecule has 0 radical (unpaired) electrons. The van der Waals surface area contributed by atoms with Gasteiger partial charge in [-0.05, 0) is 19.1 Å². The van der Waals surface area contributed by atoms with E-state index in [1.807, 2.05) is 0 Å². The van der Waals surface area contributed by atoms with Crippen LogP contribution in [0.1, 0.15) is 24.2 Å². The van der Waals surface area contributed by atoms with Gasteiger partial charge in [0.25, 0.3) is 11.7 Å². The van der Waals surface area contributed by atoms with Crippen molar-refractivity contribution < 1.29 is 14.4 Å². The van der Waals surface area contributed by atoms with Crippen LogP contribution in [0.4, 0.5) is 11.4 Å². The number of nitrogens with zero attached hydrogens (tertiary/aromatic N) is 1. The number of benzene rings is 1. The molecule has 1 aromatic carbocycles. The Hall–Kier alpha value is -2.17. The van der Waals surface area contributed by atoms with Crippen molar-refractivity contribution in [1.82, 2.24) is 0 Å². The highest BCUT2D eigenvalue weighted by atomic mass is 16.2. The van der Waals surface area contributed by atoms with Crippen molar-refractivity contribution in [2.75, 3.05) is 16.8 Å². The minimum atomic E-state index is -0.564. The zero-order chi connectivity index (χ0) is 12.6. The normalized spacial score (nSPS) is 13.9. The Bertz CT molecular complexity index is 522. The van der Waals surface area contributed by atoms with Gasteiger partial charge in [0.15, 0.2) is 0 Å². The summed E-state index contributed by atoms with van der Waals surface area (Å²) in [6, 6.07) is 5.02. The molecule has 0 aliphatic carbocycles. The summed E-state index contributed by atoms with van der Waals surface area (Å²) in [6.45, 7) is 3.59. The maximum atomic E-state index is 11.8. The first-order valence-corrected chi connectivity index (χ1v) is 5.33. The Morgan fingerprint density at radius 2 is 2.06 bits per heavy atom. The Kier molecular flexibility index (Phi) is 2.67. The Morgan fingerprint density at radius 3 is 2.65 bits per heavy atom. The lowest BCUT2D eigenvalue weighted by Crippen LogP contribution is -2.29. The molecule has 1 aromatic rings. The van der Waals surface area contributed by atoms with Crippen LogP contribution in [0, 0.1) is 0 Å². The molecule has 88 valence electrons. The predicted molar refractivity (Wildman–Crippen MR) is 63.1 cm³/mol. The molecule has 0 unspecified atom stereocenters. The van der Waals surface area contributed by atoms with E-state index in [2.05, 4.69) is 5.32 Å². The van der Waals surface area contributed by atoms with Gasteiger partial charge < -0.3 is 10.2 Å². The summed E-state index contributed by atoms with van der Waals surface area (Å²) in [5.74, 6) is -1.37.